The molecule has 2 atom stereocenters. The molecule has 2 rings (SSSR count). The quantitative estimate of drug-likeness (QED) is 0.825. The molecule has 0 aliphatic rings. The number of hydrogen-bond donors (Lipinski definition) is 2. The van der Waals surface area contributed by atoms with Crippen molar-refractivity contribution in [3.8, 4) is 0 Å². The summed E-state index contributed by atoms with van der Waals surface area (Å²) in [5, 5.41) is 4.55. The molecular weight excluding hydrogens is 307 g/mol. The number of rotatable bonds is 6. The number of imidazole rings is 1. The van der Waals surface area contributed by atoms with Gasteiger partial charge in [0.05, 0.1) is 21.1 Å². The topological polar surface area (TPSA) is 44.0 Å². The molecule has 0 radical (unpaired) electrons. The first-order chi connectivity index (χ1) is 9.92. The number of nitrogens with zero attached hydrogens (tertiary/aromatic N) is 2. The van der Waals surface area contributed by atoms with E-state index in [9.17, 15) is 0 Å². The van der Waals surface area contributed by atoms with E-state index in [1.54, 1.807) is 6.07 Å². The van der Waals surface area contributed by atoms with Gasteiger partial charge in [-0.05, 0) is 39.6 Å². The molecule has 0 spiro atoms. The Labute approximate surface area is 135 Å². The lowest BCUT2D eigenvalue weighted by Gasteiger charge is -2.29. The zero-order valence-electron chi connectivity index (χ0n) is 12.9. The average Bonchev–Trinajstić information content (AvgIpc) is 2.79. The van der Waals surface area contributed by atoms with Crippen LogP contribution in [0.15, 0.2) is 12.1 Å². The number of anilines is 1. The van der Waals surface area contributed by atoms with Gasteiger partial charge in [0, 0.05) is 12.1 Å². The summed E-state index contributed by atoms with van der Waals surface area (Å²) >= 11 is 12.1. The van der Waals surface area contributed by atoms with Gasteiger partial charge in [0.1, 0.15) is 0 Å². The van der Waals surface area contributed by atoms with E-state index in [-0.39, 0.29) is 0 Å². The zero-order valence-corrected chi connectivity index (χ0v) is 14.4. The number of nitrogens with one attached hydrogen (secondary N) is 2. The smallest absolute Gasteiger partial charge is 0.201 e. The maximum absolute atomic E-state index is 6.04. The molecule has 2 aromatic rings. The molecule has 0 aliphatic carbocycles. The monoisotopic (exact) mass is 328 g/mol. The van der Waals surface area contributed by atoms with Crippen molar-refractivity contribution < 1.29 is 0 Å². The van der Waals surface area contributed by atoms with Crippen LogP contribution in [-0.2, 0) is 0 Å². The van der Waals surface area contributed by atoms with Gasteiger partial charge >= 0.3 is 0 Å². The van der Waals surface area contributed by atoms with E-state index in [1.165, 1.54) is 0 Å². The Morgan fingerprint density at radius 1 is 1.29 bits per heavy atom. The van der Waals surface area contributed by atoms with E-state index in [0.29, 0.717) is 22.1 Å². The largest absolute Gasteiger partial charge is 0.352 e. The van der Waals surface area contributed by atoms with Gasteiger partial charge < -0.3 is 15.2 Å². The summed E-state index contributed by atoms with van der Waals surface area (Å²) < 4.78 is 0. The highest BCUT2D eigenvalue weighted by molar-refractivity contribution is 6.42. The van der Waals surface area contributed by atoms with E-state index in [1.807, 2.05) is 6.07 Å². The fourth-order valence-electron chi connectivity index (χ4n) is 2.35. The first-order valence-electron chi connectivity index (χ1n) is 7.20. The maximum atomic E-state index is 6.04. The van der Waals surface area contributed by atoms with Gasteiger partial charge in [-0.15, -0.1) is 0 Å². The van der Waals surface area contributed by atoms with Gasteiger partial charge in [-0.25, -0.2) is 4.98 Å². The lowest BCUT2D eigenvalue weighted by molar-refractivity contribution is 0.274. The van der Waals surface area contributed by atoms with E-state index < -0.39 is 0 Å². The van der Waals surface area contributed by atoms with Crippen molar-refractivity contribution in [3.63, 3.8) is 0 Å². The minimum atomic E-state index is 0.330. The van der Waals surface area contributed by atoms with Crippen LogP contribution in [0, 0.1) is 0 Å². The lowest BCUT2D eigenvalue weighted by Crippen LogP contribution is -2.41. The molecule has 6 heteroatoms. The Kier molecular flexibility index (Phi) is 5.36. The first kappa shape index (κ1) is 16.4. The molecule has 1 unspecified atom stereocenters. The van der Waals surface area contributed by atoms with Crippen LogP contribution in [0.1, 0.15) is 26.7 Å². The number of benzene rings is 1. The standard InChI is InChI=1S/C15H22Cl2N4/c1-5-6-12(9(2)21(3)4)18-15-19-13-7-10(16)11(17)8-14(13)20-15/h7-9,12H,5-6H2,1-4H3,(H2,18,19,20)/t9?,12-/m1/s1. The molecule has 0 saturated heterocycles. The molecule has 4 nitrogen and oxygen atoms in total. The molecule has 1 aromatic carbocycles. The minimum absolute atomic E-state index is 0.330. The number of H-pyrrole nitrogens is 1. The highest BCUT2D eigenvalue weighted by atomic mass is 35.5. The maximum Gasteiger partial charge on any atom is 0.201 e. The third kappa shape index (κ3) is 3.82. The predicted molar refractivity (Wildman–Crippen MR) is 91.6 cm³/mol. The highest BCUT2D eigenvalue weighted by Gasteiger charge is 2.19. The van der Waals surface area contributed by atoms with Crippen molar-refractivity contribution in [2.45, 2.75) is 38.8 Å². The van der Waals surface area contributed by atoms with Gasteiger partial charge in [-0.2, -0.15) is 0 Å². The van der Waals surface area contributed by atoms with Crippen molar-refractivity contribution in [2.75, 3.05) is 19.4 Å². The van der Waals surface area contributed by atoms with Crippen LogP contribution in [-0.4, -0.2) is 41.0 Å². The summed E-state index contributed by atoms with van der Waals surface area (Å²) in [6.07, 6.45) is 2.20. The Balaban J connectivity index is 2.24. The molecule has 2 N–H and O–H groups in total. The third-order valence-corrected chi connectivity index (χ3v) is 4.56. The molecule has 1 aromatic heterocycles. The number of halogens is 2. The normalized spacial score (nSPS) is 14.6. The number of likely N-dealkylation sites (N-methyl/N-ethyl adjacent to an activating group) is 1. The fraction of sp³-hybridized carbons (Fsp3) is 0.533. The number of aromatic nitrogens is 2. The highest BCUT2D eigenvalue weighted by Crippen LogP contribution is 2.27. The van der Waals surface area contributed by atoms with Gasteiger partial charge in [-0.1, -0.05) is 36.5 Å². The second-order valence-corrected chi connectivity index (χ2v) is 6.43. The number of aromatic amines is 1. The van der Waals surface area contributed by atoms with Crippen LogP contribution in [0.4, 0.5) is 5.95 Å². The third-order valence-electron chi connectivity index (χ3n) is 3.84. The van der Waals surface area contributed by atoms with Gasteiger partial charge in [-0.3, -0.25) is 0 Å². The molecular formula is C15H22Cl2N4. The zero-order chi connectivity index (χ0) is 15.6. The van der Waals surface area contributed by atoms with E-state index in [0.717, 1.165) is 29.8 Å². The lowest BCUT2D eigenvalue weighted by atomic mass is 10.0. The van der Waals surface area contributed by atoms with E-state index >= 15 is 0 Å². The molecule has 0 bridgehead atoms. The Morgan fingerprint density at radius 2 is 1.95 bits per heavy atom. The predicted octanol–water partition coefficient (Wildman–Crippen LogP) is 4.40. The summed E-state index contributed by atoms with van der Waals surface area (Å²) in [4.78, 5) is 10.0. The summed E-state index contributed by atoms with van der Waals surface area (Å²) in [5.74, 6) is 0.760. The van der Waals surface area contributed by atoms with Crippen LogP contribution in [0.2, 0.25) is 10.0 Å². The Morgan fingerprint density at radius 3 is 2.57 bits per heavy atom. The van der Waals surface area contributed by atoms with Gasteiger partial charge in [0.15, 0.2) is 0 Å². The molecule has 116 valence electrons. The SMILES string of the molecule is CCC[C@@H](Nc1nc2cc(Cl)c(Cl)cc2[nH]1)C(C)N(C)C. The second kappa shape index (κ2) is 6.86. The van der Waals surface area contributed by atoms with Crippen molar-refractivity contribution in [1.29, 1.82) is 0 Å². The van der Waals surface area contributed by atoms with Crippen molar-refractivity contribution in [1.82, 2.24) is 14.9 Å². The van der Waals surface area contributed by atoms with Crippen LogP contribution < -0.4 is 5.32 Å². The van der Waals surface area contributed by atoms with E-state index in [2.05, 4.69) is 48.1 Å². The van der Waals surface area contributed by atoms with Gasteiger partial charge in [0.25, 0.3) is 0 Å². The summed E-state index contributed by atoms with van der Waals surface area (Å²) in [6, 6.07) is 4.33. The Bertz CT molecular complexity index is 570. The van der Waals surface area contributed by atoms with E-state index in [4.69, 9.17) is 23.2 Å². The number of hydrogen-bond acceptors (Lipinski definition) is 3. The Hall–Kier alpha value is -0.970. The molecule has 0 saturated carbocycles. The molecule has 21 heavy (non-hydrogen) atoms. The molecule has 0 amide bonds. The second-order valence-electron chi connectivity index (χ2n) is 5.61. The van der Waals surface area contributed by atoms with Crippen LogP contribution >= 0.6 is 23.2 Å². The fourth-order valence-corrected chi connectivity index (χ4v) is 2.68. The van der Waals surface area contributed by atoms with Crippen LogP contribution in [0.3, 0.4) is 0 Å². The van der Waals surface area contributed by atoms with Crippen LogP contribution in [0.25, 0.3) is 11.0 Å². The van der Waals surface area contributed by atoms with Gasteiger partial charge in [0.2, 0.25) is 5.95 Å². The summed E-state index contributed by atoms with van der Waals surface area (Å²) in [7, 11) is 4.18. The first-order valence-corrected chi connectivity index (χ1v) is 7.95. The average molecular weight is 329 g/mol. The van der Waals surface area contributed by atoms with Crippen molar-refractivity contribution in [2.24, 2.45) is 0 Å². The molecule has 0 aliphatic heterocycles. The molecule has 1 heterocycles. The summed E-state index contributed by atoms with van der Waals surface area (Å²) in [5.41, 5.74) is 1.71. The van der Waals surface area contributed by atoms with Crippen molar-refractivity contribution in [3.05, 3.63) is 22.2 Å². The number of fused-ring (bicyclic) bond motifs is 1. The van der Waals surface area contributed by atoms with Crippen molar-refractivity contribution >= 4 is 40.2 Å². The summed E-state index contributed by atoms with van der Waals surface area (Å²) in [6.45, 7) is 4.40. The molecule has 0 fully saturated rings. The minimum Gasteiger partial charge on any atom is -0.352 e. The van der Waals surface area contributed by atoms with Crippen LogP contribution in [0.5, 0.6) is 0 Å².